The predicted octanol–water partition coefficient (Wildman–Crippen LogP) is 4.66. The molecular weight excluding hydrogens is 374 g/mol. The van der Waals surface area contributed by atoms with Crippen molar-refractivity contribution in [1.82, 2.24) is 0 Å². The lowest BCUT2D eigenvalue weighted by Gasteiger charge is -2.18. The summed E-state index contributed by atoms with van der Waals surface area (Å²) in [5.41, 5.74) is 2.76. The van der Waals surface area contributed by atoms with Crippen molar-refractivity contribution in [2.75, 3.05) is 5.32 Å². The molecule has 2 rings (SSSR count). The van der Waals surface area contributed by atoms with E-state index in [9.17, 15) is 9.59 Å². The lowest BCUT2D eigenvalue weighted by Crippen LogP contribution is -2.30. The Kier molecular flexibility index (Phi) is 5.83. The number of para-hydroxylation sites is 1. The van der Waals surface area contributed by atoms with Gasteiger partial charge in [0.2, 0.25) is 5.76 Å². The Labute approximate surface area is 149 Å². The Morgan fingerprint density at radius 1 is 1.17 bits per heavy atom. The highest BCUT2D eigenvalue weighted by molar-refractivity contribution is 9.10. The van der Waals surface area contributed by atoms with Crippen molar-refractivity contribution in [3.8, 4) is 0 Å². The molecular formula is C18H20BrNO4. The molecule has 0 saturated heterocycles. The van der Waals surface area contributed by atoms with Gasteiger partial charge < -0.3 is 14.5 Å². The van der Waals surface area contributed by atoms with Gasteiger partial charge in [-0.1, -0.05) is 32.0 Å². The fourth-order valence-electron chi connectivity index (χ4n) is 2.26. The van der Waals surface area contributed by atoms with Crippen molar-refractivity contribution >= 4 is 33.5 Å². The first kappa shape index (κ1) is 18.3. The van der Waals surface area contributed by atoms with E-state index in [1.165, 1.54) is 13.0 Å². The van der Waals surface area contributed by atoms with Crippen LogP contribution < -0.4 is 5.32 Å². The molecule has 24 heavy (non-hydrogen) atoms. The predicted molar refractivity (Wildman–Crippen MR) is 95.2 cm³/mol. The third-order valence-corrected chi connectivity index (χ3v) is 4.03. The van der Waals surface area contributed by atoms with Crippen LogP contribution in [0.25, 0.3) is 0 Å². The molecule has 0 fully saturated rings. The van der Waals surface area contributed by atoms with Crippen LogP contribution in [-0.2, 0) is 9.53 Å². The molecule has 1 aromatic heterocycles. The molecule has 0 spiro atoms. The molecule has 1 aromatic carbocycles. The van der Waals surface area contributed by atoms with Crippen molar-refractivity contribution < 1.29 is 18.7 Å². The minimum absolute atomic E-state index is 0.0419. The molecule has 2 aromatic rings. The van der Waals surface area contributed by atoms with Gasteiger partial charge in [-0.2, -0.15) is 0 Å². The Bertz CT molecular complexity index is 751. The maximum Gasteiger partial charge on any atom is 0.375 e. The topological polar surface area (TPSA) is 68.5 Å². The van der Waals surface area contributed by atoms with Gasteiger partial charge in [-0.05, 0) is 59.0 Å². The standard InChI is InChI=1S/C18H20BrNO4/c1-10(2)13-7-5-6-11(3)16(13)20-17(21)12(4)23-18(22)14-8-9-15(19)24-14/h5-10,12H,1-4H3,(H,20,21)/t12-/m0/s1. The van der Waals surface area contributed by atoms with E-state index in [2.05, 4.69) is 35.1 Å². The van der Waals surface area contributed by atoms with Crippen LogP contribution in [0.3, 0.4) is 0 Å². The normalized spacial score (nSPS) is 12.1. The molecule has 1 atom stereocenters. The molecule has 1 N–H and O–H groups in total. The lowest BCUT2D eigenvalue weighted by atomic mass is 9.98. The van der Waals surface area contributed by atoms with E-state index in [-0.39, 0.29) is 17.6 Å². The Balaban J connectivity index is 2.08. The number of halogens is 1. The number of furan rings is 1. The molecule has 0 aliphatic rings. The highest BCUT2D eigenvalue weighted by Crippen LogP contribution is 2.27. The molecule has 0 unspecified atom stereocenters. The number of nitrogens with one attached hydrogen (secondary N) is 1. The summed E-state index contributed by atoms with van der Waals surface area (Å²) in [6, 6.07) is 8.93. The zero-order chi connectivity index (χ0) is 17.9. The molecule has 0 saturated carbocycles. The first-order valence-electron chi connectivity index (χ1n) is 7.66. The van der Waals surface area contributed by atoms with Gasteiger partial charge >= 0.3 is 5.97 Å². The van der Waals surface area contributed by atoms with Crippen LogP contribution in [0.15, 0.2) is 39.4 Å². The van der Waals surface area contributed by atoms with E-state index in [1.807, 2.05) is 25.1 Å². The monoisotopic (exact) mass is 393 g/mol. The fourth-order valence-corrected chi connectivity index (χ4v) is 2.57. The smallest absolute Gasteiger partial charge is 0.375 e. The number of hydrogen-bond donors (Lipinski definition) is 1. The highest BCUT2D eigenvalue weighted by atomic mass is 79.9. The van der Waals surface area contributed by atoms with Crippen molar-refractivity contribution in [3.05, 3.63) is 51.9 Å². The van der Waals surface area contributed by atoms with Crippen LogP contribution in [0.2, 0.25) is 0 Å². The zero-order valence-electron chi connectivity index (χ0n) is 14.1. The van der Waals surface area contributed by atoms with Crippen molar-refractivity contribution in [3.63, 3.8) is 0 Å². The Hall–Kier alpha value is -2.08. The van der Waals surface area contributed by atoms with Gasteiger partial charge in [0.05, 0.1) is 0 Å². The quantitative estimate of drug-likeness (QED) is 0.750. The number of aryl methyl sites for hydroxylation is 1. The molecule has 6 heteroatoms. The number of esters is 1. The molecule has 0 aliphatic carbocycles. The first-order chi connectivity index (χ1) is 11.3. The number of ether oxygens (including phenoxy) is 1. The Morgan fingerprint density at radius 3 is 2.46 bits per heavy atom. The SMILES string of the molecule is Cc1cccc(C(C)C)c1NC(=O)[C@H](C)OC(=O)c1ccc(Br)o1. The van der Waals surface area contributed by atoms with E-state index in [0.29, 0.717) is 4.67 Å². The molecule has 0 bridgehead atoms. The van der Waals surface area contributed by atoms with Crippen LogP contribution in [0.5, 0.6) is 0 Å². The minimum atomic E-state index is -0.944. The first-order valence-corrected chi connectivity index (χ1v) is 8.45. The van der Waals surface area contributed by atoms with Crippen LogP contribution in [0, 0.1) is 6.92 Å². The Morgan fingerprint density at radius 2 is 1.88 bits per heavy atom. The van der Waals surface area contributed by atoms with E-state index in [1.54, 1.807) is 6.07 Å². The van der Waals surface area contributed by atoms with E-state index < -0.39 is 12.1 Å². The van der Waals surface area contributed by atoms with Crippen molar-refractivity contribution in [2.45, 2.75) is 39.7 Å². The molecule has 5 nitrogen and oxygen atoms in total. The van der Waals surface area contributed by atoms with Gasteiger partial charge in [0.25, 0.3) is 5.91 Å². The summed E-state index contributed by atoms with van der Waals surface area (Å²) in [5.74, 6) is -0.763. The summed E-state index contributed by atoms with van der Waals surface area (Å²) in [6.45, 7) is 7.57. The maximum absolute atomic E-state index is 12.4. The summed E-state index contributed by atoms with van der Waals surface area (Å²) < 4.78 is 10.7. The average Bonchev–Trinajstić information content (AvgIpc) is 2.95. The molecule has 1 amide bonds. The third-order valence-electron chi connectivity index (χ3n) is 3.60. The van der Waals surface area contributed by atoms with Crippen molar-refractivity contribution in [2.24, 2.45) is 0 Å². The summed E-state index contributed by atoms with van der Waals surface area (Å²) in [5, 5.41) is 2.87. The fraction of sp³-hybridized carbons (Fsp3) is 0.333. The van der Waals surface area contributed by atoms with Gasteiger partial charge in [0.1, 0.15) is 0 Å². The van der Waals surface area contributed by atoms with Gasteiger partial charge in [0.15, 0.2) is 10.8 Å². The van der Waals surface area contributed by atoms with Crippen molar-refractivity contribution in [1.29, 1.82) is 0 Å². The molecule has 0 radical (unpaired) electrons. The summed E-state index contributed by atoms with van der Waals surface area (Å²) in [4.78, 5) is 24.3. The second kappa shape index (κ2) is 7.66. The number of rotatable bonds is 5. The second-order valence-corrected chi connectivity index (χ2v) is 6.62. The van der Waals surface area contributed by atoms with E-state index >= 15 is 0 Å². The van der Waals surface area contributed by atoms with Crippen LogP contribution in [0.4, 0.5) is 5.69 Å². The molecule has 128 valence electrons. The van der Waals surface area contributed by atoms with Crippen LogP contribution in [-0.4, -0.2) is 18.0 Å². The van der Waals surface area contributed by atoms with Gasteiger partial charge in [-0.25, -0.2) is 4.79 Å². The largest absolute Gasteiger partial charge is 0.447 e. The average molecular weight is 394 g/mol. The number of benzene rings is 1. The van der Waals surface area contributed by atoms with Crippen LogP contribution in [0.1, 0.15) is 48.4 Å². The highest BCUT2D eigenvalue weighted by Gasteiger charge is 2.22. The number of carbonyl (C=O) groups excluding carboxylic acids is 2. The third kappa shape index (κ3) is 4.26. The maximum atomic E-state index is 12.4. The number of carbonyl (C=O) groups is 2. The summed E-state index contributed by atoms with van der Waals surface area (Å²) >= 11 is 3.12. The van der Waals surface area contributed by atoms with Gasteiger partial charge in [0, 0.05) is 5.69 Å². The number of anilines is 1. The summed E-state index contributed by atoms with van der Waals surface area (Å²) in [7, 11) is 0. The van der Waals surface area contributed by atoms with Gasteiger partial charge in [-0.3, -0.25) is 4.79 Å². The van der Waals surface area contributed by atoms with E-state index in [4.69, 9.17) is 9.15 Å². The van der Waals surface area contributed by atoms with Crippen LogP contribution >= 0.6 is 15.9 Å². The number of amides is 1. The van der Waals surface area contributed by atoms with E-state index in [0.717, 1.165) is 16.8 Å². The molecule has 0 aliphatic heterocycles. The van der Waals surface area contributed by atoms with Gasteiger partial charge in [-0.15, -0.1) is 0 Å². The minimum Gasteiger partial charge on any atom is -0.447 e. The number of hydrogen-bond acceptors (Lipinski definition) is 4. The molecule has 1 heterocycles. The lowest BCUT2D eigenvalue weighted by molar-refractivity contribution is -0.123. The second-order valence-electron chi connectivity index (χ2n) is 5.83. The zero-order valence-corrected chi connectivity index (χ0v) is 15.6. The summed E-state index contributed by atoms with van der Waals surface area (Å²) in [6.07, 6.45) is -0.944.